The number of carbonyl (C=O) groups excluding carboxylic acids is 1. The van der Waals surface area contributed by atoms with Gasteiger partial charge in [0, 0.05) is 31.0 Å². The summed E-state index contributed by atoms with van der Waals surface area (Å²) in [5.41, 5.74) is 9.33. The van der Waals surface area contributed by atoms with Crippen molar-refractivity contribution in [1.29, 1.82) is 0 Å². The SMILES string of the molecule is NCc1cc(OCc2cccc(C(=O)CCc3nc4ccccc4o3)c2)ncn1. The van der Waals surface area contributed by atoms with Crippen molar-refractivity contribution >= 4 is 16.9 Å². The highest BCUT2D eigenvalue weighted by molar-refractivity contribution is 5.96. The average Bonchev–Trinajstić information content (AvgIpc) is 3.19. The van der Waals surface area contributed by atoms with Gasteiger partial charge in [-0.15, -0.1) is 0 Å². The van der Waals surface area contributed by atoms with Gasteiger partial charge < -0.3 is 14.9 Å². The van der Waals surface area contributed by atoms with E-state index in [0.29, 0.717) is 49.0 Å². The number of rotatable bonds is 8. The lowest BCUT2D eigenvalue weighted by molar-refractivity contribution is 0.0980. The molecule has 146 valence electrons. The van der Waals surface area contributed by atoms with Crippen molar-refractivity contribution in [3.8, 4) is 5.88 Å². The van der Waals surface area contributed by atoms with Crippen molar-refractivity contribution in [3.05, 3.63) is 83.6 Å². The van der Waals surface area contributed by atoms with Crippen molar-refractivity contribution in [2.45, 2.75) is 26.0 Å². The summed E-state index contributed by atoms with van der Waals surface area (Å²) < 4.78 is 11.4. The van der Waals surface area contributed by atoms with E-state index in [9.17, 15) is 4.79 Å². The monoisotopic (exact) mass is 388 g/mol. The predicted octanol–water partition coefficient (Wildman–Crippen LogP) is 3.47. The second-order valence-electron chi connectivity index (χ2n) is 6.54. The van der Waals surface area contributed by atoms with Gasteiger partial charge in [-0.2, -0.15) is 0 Å². The zero-order valence-corrected chi connectivity index (χ0v) is 15.7. The third kappa shape index (κ3) is 4.64. The number of hydrogen-bond acceptors (Lipinski definition) is 7. The van der Waals surface area contributed by atoms with Crippen LogP contribution in [0.1, 0.15) is 33.9 Å². The van der Waals surface area contributed by atoms with Crippen LogP contribution in [0.15, 0.2) is 65.3 Å². The molecule has 2 N–H and O–H groups in total. The fourth-order valence-electron chi connectivity index (χ4n) is 2.95. The zero-order chi connectivity index (χ0) is 20.1. The number of Topliss-reactive ketones (excluding diaryl/α,β-unsaturated/α-hetero) is 1. The number of nitrogens with two attached hydrogens (primary N) is 1. The Labute approximate surface area is 167 Å². The fourth-order valence-corrected chi connectivity index (χ4v) is 2.95. The maximum absolute atomic E-state index is 12.6. The Morgan fingerprint density at radius 1 is 1.07 bits per heavy atom. The Balaban J connectivity index is 1.37. The van der Waals surface area contributed by atoms with E-state index in [1.165, 1.54) is 6.33 Å². The van der Waals surface area contributed by atoms with Crippen LogP contribution >= 0.6 is 0 Å². The molecule has 0 atom stereocenters. The van der Waals surface area contributed by atoms with Gasteiger partial charge in [-0.05, 0) is 23.8 Å². The van der Waals surface area contributed by atoms with Gasteiger partial charge in [-0.3, -0.25) is 4.79 Å². The van der Waals surface area contributed by atoms with Crippen LogP contribution in [-0.4, -0.2) is 20.7 Å². The van der Waals surface area contributed by atoms with Gasteiger partial charge in [-0.25, -0.2) is 15.0 Å². The highest BCUT2D eigenvalue weighted by Gasteiger charge is 2.11. The van der Waals surface area contributed by atoms with Crippen molar-refractivity contribution in [3.63, 3.8) is 0 Å². The molecule has 0 amide bonds. The molecule has 2 aromatic carbocycles. The molecule has 0 saturated carbocycles. The second-order valence-corrected chi connectivity index (χ2v) is 6.54. The lowest BCUT2D eigenvalue weighted by atomic mass is 10.0. The Morgan fingerprint density at radius 3 is 2.83 bits per heavy atom. The van der Waals surface area contributed by atoms with Crippen LogP contribution in [0.2, 0.25) is 0 Å². The number of aromatic nitrogens is 3. The molecule has 0 bridgehead atoms. The van der Waals surface area contributed by atoms with Crippen LogP contribution in [-0.2, 0) is 19.6 Å². The molecule has 0 aliphatic carbocycles. The van der Waals surface area contributed by atoms with E-state index in [2.05, 4.69) is 15.0 Å². The van der Waals surface area contributed by atoms with Gasteiger partial charge >= 0.3 is 0 Å². The summed E-state index contributed by atoms with van der Waals surface area (Å²) >= 11 is 0. The van der Waals surface area contributed by atoms with Gasteiger partial charge in [-0.1, -0.05) is 30.3 Å². The maximum atomic E-state index is 12.6. The van der Waals surface area contributed by atoms with Crippen LogP contribution in [0, 0.1) is 0 Å². The van der Waals surface area contributed by atoms with E-state index in [-0.39, 0.29) is 5.78 Å². The van der Waals surface area contributed by atoms with Crippen molar-refractivity contribution in [1.82, 2.24) is 15.0 Å². The van der Waals surface area contributed by atoms with Crippen LogP contribution in [0.4, 0.5) is 0 Å². The summed E-state index contributed by atoms with van der Waals surface area (Å²) in [6.07, 6.45) is 2.20. The third-order valence-electron chi connectivity index (χ3n) is 4.45. The van der Waals surface area contributed by atoms with Crippen LogP contribution in [0.25, 0.3) is 11.1 Å². The van der Waals surface area contributed by atoms with Crippen LogP contribution in [0.3, 0.4) is 0 Å². The first-order chi connectivity index (χ1) is 14.2. The number of oxazole rings is 1. The lowest BCUT2D eigenvalue weighted by Crippen LogP contribution is -2.05. The molecule has 0 aliphatic rings. The van der Waals surface area contributed by atoms with Crippen molar-refractivity contribution in [2.75, 3.05) is 0 Å². The Morgan fingerprint density at radius 2 is 1.97 bits per heavy atom. The van der Waals surface area contributed by atoms with Gasteiger partial charge in [0.25, 0.3) is 0 Å². The summed E-state index contributed by atoms with van der Waals surface area (Å²) in [7, 11) is 0. The largest absolute Gasteiger partial charge is 0.473 e. The second kappa shape index (κ2) is 8.62. The smallest absolute Gasteiger partial charge is 0.216 e. The highest BCUT2D eigenvalue weighted by atomic mass is 16.5. The van der Waals surface area contributed by atoms with Gasteiger partial charge in [0.05, 0.1) is 5.69 Å². The summed E-state index contributed by atoms with van der Waals surface area (Å²) in [5.74, 6) is 1.05. The minimum Gasteiger partial charge on any atom is -0.473 e. The van der Waals surface area contributed by atoms with E-state index in [4.69, 9.17) is 14.9 Å². The number of para-hydroxylation sites is 2. The molecule has 0 radical (unpaired) electrons. The summed E-state index contributed by atoms with van der Waals surface area (Å²) in [6, 6.07) is 16.6. The number of fused-ring (bicyclic) bond motifs is 1. The molecule has 4 rings (SSSR count). The first-order valence-corrected chi connectivity index (χ1v) is 9.31. The molecule has 2 aromatic heterocycles. The molecule has 4 aromatic rings. The molecule has 0 aliphatic heterocycles. The first-order valence-electron chi connectivity index (χ1n) is 9.31. The number of carbonyl (C=O) groups is 1. The Hall–Kier alpha value is -3.58. The first kappa shape index (κ1) is 18.8. The summed E-state index contributed by atoms with van der Waals surface area (Å²) in [4.78, 5) is 25.1. The van der Waals surface area contributed by atoms with E-state index < -0.39 is 0 Å². The minimum absolute atomic E-state index is 0.0292. The number of ether oxygens (including phenoxy) is 1. The molecule has 7 heteroatoms. The molecular formula is C22H20N4O3. The maximum Gasteiger partial charge on any atom is 0.216 e. The third-order valence-corrected chi connectivity index (χ3v) is 4.45. The van der Waals surface area contributed by atoms with Crippen LogP contribution < -0.4 is 10.5 Å². The lowest BCUT2D eigenvalue weighted by Gasteiger charge is -2.07. The fraction of sp³-hybridized carbons (Fsp3) is 0.182. The molecule has 29 heavy (non-hydrogen) atoms. The normalized spacial score (nSPS) is 10.9. The number of aryl methyl sites for hydroxylation is 1. The number of nitrogens with zero attached hydrogens (tertiary/aromatic N) is 3. The molecule has 0 unspecified atom stereocenters. The van der Waals surface area contributed by atoms with Gasteiger partial charge in [0.1, 0.15) is 18.5 Å². The van der Waals surface area contributed by atoms with Gasteiger partial charge in [0.2, 0.25) is 5.88 Å². The molecule has 0 fully saturated rings. The minimum atomic E-state index is 0.0292. The zero-order valence-electron chi connectivity index (χ0n) is 15.7. The molecule has 7 nitrogen and oxygen atoms in total. The quantitative estimate of drug-likeness (QED) is 0.461. The van der Waals surface area contributed by atoms with Crippen molar-refractivity contribution in [2.24, 2.45) is 5.73 Å². The number of ketones is 1. The van der Waals surface area contributed by atoms with Gasteiger partial charge in [0.15, 0.2) is 17.3 Å². The number of hydrogen-bond donors (Lipinski definition) is 1. The molecular weight excluding hydrogens is 368 g/mol. The molecule has 0 saturated heterocycles. The highest BCUT2D eigenvalue weighted by Crippen LogP contribution is 2.17. The van der Waals surface area contributed by atoms with E-state index in [1.54, 1.807) is 12.1 Å². The molecule has 0 spiro atoms. The Kier molecular flexibility index (Phi) is 5.58. The average molecular weight is 388 g/mol. The summed E-state index contributed by atoms with van der Waals surface area (Å²) in [6.45, 7) is 0.621. The van der Waals surface area contributed by atoms with Crippen LogP contribution in [0.5, 0.6) is 5.88 Å². The van der Waals surface area contributed by atoms with E-state index in [0.717, 1.165) is 16.7 Å². The molecule has 2 heterocycles. The topological polar surface area (TPSA) is 104 Å². The van der Waals surface area contributed by atoms with E-state index >= 15 is 0 Å². The van der Waals surface area contributed by atoms with Crippen molar-refractivity contribution < 1.29 is 13.9 Å². The number of benzene rings is 2. The summed E-state index contributed by atoms with van der Waals surface area (Å²) in [5, 5.41) is 0. The predicted molar refractivity (Wildman–Crippen MR) is 107 cm³/mol. The standard InChI is InChI=1S/C22H20N4O3/c23-12-17-11-22(25-14-24-17)28-13-15-4-3-5-16(10-15)19(27)8-9-21-26-18-6-1-2-7-20(18)29-21/h1-7,10-11,14H,8-9,12-13,23H2. The van der Waals surface area contributed by atoms with E-state index in [1.807, 2.05) is 42.5 Å². The Bertz CT molecular complexity index is 1110.